The maximum Gasteiger partial charge on any atom is 0.336 e. The van der Waals surface area contributed by atoms with Crippen molar-refractivity contribution in [3.05, 3.63) is 124 Å². The van der Waals surface area contributed by atoms with Crippen molar-refractivity contribution in [1.29, 1.82) is 0 Å². The highest BCUT2D eigenvalue weighted by Gasteiger charge is 2.41. The largest absolute Gasteiger partial charge is 0.489 e. The predicted molar refractivity (Wildman–Crippen MR) is 149 cm³/mol. The number of allylic oxidation sites excluding steroid dienone is 3. The van der Waals surface area contributed by atoms with Gasteiger partial charge in [-0.3, -0.25) is 4.79 Å². The summed E-state index contributed by atoms with van der Waals surface area (Å²) in [5.74, 6) is -0.126. The lowest BCUT2D eigenvalue weighted by molar-refractivity contribution is -0.140. The van der Waals surface area contributed by atoms with Crippen molar-refractivity contribution in [2.75, 3.05) is 20.3 Å². The molecule has 3 aromatic rings. The smallest absolute Gasteiger partial charge is 0.336 e. The summed E-state index contributed by atoms with van der Waals surface area (Å²) in [5, 5.41) is 3.40. The van der Waals surface area contributed by atoms with E-state index in [9.17, 15) is 9.59 Å². The van der Waals surface area contributed by atoms with E-state index in [1.165, 1.54) is 0 Å². The molecule has 6 heteroatoms. The zero-order valence-electron chi connectivity index (χ0n) is 22.3. The Morgan fingerprint density at radius 3 is 2.26 bits per heavy atom. The van der Waals surface area contributed by atoms with Gasteiger partial charge in [-0.15, -0.1) is 0 Å². The van der Waals surface area contributed by atoms with Crippen LogP contribution >= 0.6 is 0 Å². The number of Topliss-reactive ketones (excluding diaryl/α,β-unsaturated/α-hetero) is 1. The molecule has 1 aliphatic carbocycles. The van der Waals surface area contributed by atoms with Crippen LogP contribution in [0.5, 0.6) is 5.75 Å². The van der Waals surface area contributed by atoms with Crippen LogP contribution in [0, 0.1) is 0 Å². The maximum absolute atomic E-state index is 13.7. The van der Waals surface area contributed by atoms with Crippen LogP contribution < -0.4 is 10.1 Å². The van der Waals surface area contributed by atoms with Crippen molar-refractivity contribution in [3.8, 4) is 5.75 Å². The van der Waals surface area contributed by atoms with Gasteiger partial charge in [-0.25, -0.2) is 4.79 Å². The van der Waals surface area contributed by atoms with Gasteiger partial charge < -0.3 is 19.5 Å². The average Bonchev–Trinajstić information content (AvgIpc) is 2.96. The number of hydrogen-bond acceptors (Lipinski definition) is 6. The van der Waals surface area contributed by atoms with Crippen LogP contribution in [0.1, 0.15) is 48.3 Å². The molecular formula is C33H33NO5. The fourth-order valence-corrected chi connectivity index (χ4v) is 5.40. The Labute approximate surface area is 229 Å². The minimum absolute atomic E-state index is 0.0432. The highest BCUT2D eigenvalue weighted by atomic mass is 16.6. The average molecular weight is 524 g/mol. The van der Waals surface area contributed by atoms with E-state index >= 15 is 0 Å². The molecule has 0 unspecified atom stereocenters. The van der Waals surface area contributed by atoms with Crippen LogP contribution in [-0.4, -0.2) is 32.1 Å². The number of benzene rings is 3. The Morgan fingerprint density at radius 2 is 1.56 bits per heavy atom. The normalized spacial score (nSPS) is 18.9. The molecular weight excluding hydrogens is 490 g/mol. The summed E-state index contributed by atoms with van der Waals surface area (Å²) >= 11 is 0. The van der Waals surface area contributed by atoms with Crippen LogP contribution in [0.25, 0.3) is 0 Å². The molecule has 2 atom stereocenters. The molecule has 39 heavy (non-hydrogen) atoms. The molecule has 0 aromatic heterocycles. The van der Waals surface area contributed by atoms with Crippen molar-refractivity contribution >= 4 is 11.8 Å². The topological polar surface area (TPSA) is 73.9 Å². The Hall–Kier alpha value is -4.16. The second-order valence-electron chi connectivity index (χ2n) is 9.90. The van der Waals surface area contributed by atoms with Crippen LogP contribution in [0.3, 0.4) is 0 Å². The zero-order chi connectivity index (χ0) is 27.2. The van der Waals surface area contributed by atoms with Crippen molar-refractivity contribution < 1.29 is 23.8 Å². The summed E-state index contributed by atoms with van der Waals surface area (Å²) in [7, 11) is 1.56. The van der Waals surface area contributed by atoms with Gasteiger partial charge in [-0.1, -0.05) is 72.8 Å². The second kappa shape index (κ2) is 12.1. The quantitative estimate of drug-likeness (QED) is 0.282. The first-order valence-corrected chi connectivity index (χ1v) is 13.3. The van der Waals surface area contributed by atoms with E-state index in [0.717, 1.165) is 28.1 Å². The molecule has 6 nitrogen and oxygen atoms in total. The molecule has 1 aliphatic heterocycles. The molecule has 0 saturated carbocycles. The molecule has 0 bridgehead atoms. The van der Waals surface area contributed by atoms with E-state index in [1.807, 2.05) is 79.7 Å². The third kappa shape index (κ3) is 5.96. The number of nitrogens with one attached hydrogen (secondary N) is 1. The standard InChI is InChI=1S/C33H33NO5/c1-22-30(33(36)38-18-17-37-2)31(25-13-15-27(16-14-25)39-21-23-9-5-3-6-10-23)32-28(34-22)19-26(20-29(32)35)24-11-7-4-8-12-24/h3-16,26,31,34H,17-21H2,1-2H3/t26-,31-/m0/s1. The first-order valence-electron chi connectivity index (χ1n) is 13.3. The minimum atomic E-state index is -0.524. The third-order valence-electron chi connectivity index (χ3n) is 7.30. The predicted octanol–water partition coefficient (Wildman–Crippen LogP) is 5.82. The van der Waals surface area contributed by atoms with E-state index in [-0.39, 0.29) is 18.3 Å². The van der Waals surface area contributed by atoms with Crippen LogP contribution in [0.4, 0.5) is 0 Å². The van der Waals surface area contributed by atoms with Crippen molar-refractivity contribution in [2.24, 2.45) is 0 Å². The molecule has 0 spiro atoms. The number of carbonyl (C=O) groups is 2. The van der Waals surface area contributed by atoms with E-state index < -0.39 is 11.9 Å². The molecule has 0 fully saturated rings. The molecule has 3 aromatic carbocycles. The lowest BCUT2D eigenvalue weighted by Crippen LogP contribution is -2.36. The fraction of sp³-hybridized carbons (Fsp3) is 0.273. The number of ether oxygens (including phenoxy) is 3. The lowest BCUT2D eigenvalue weighted by Gasteiger charge is -2.36. The zero-order valence-corrected chi connectivity index (χ0v) is 22.3. The molecule has 0 amide bonds. The van der Waals surface area contributed by atoms with Gasteiger partial charge in [0, 0.05) is 36.4 Å². The van der Waals surface area contributed by atoms with E-state index in [0.29, 0.717) is 42.9 Å². The number of ketones is 1. The van der Waals surface area contributed by atoms with Gasteiger partial charge >= 0.3 is 5.97 Å². The fourth-order valence-electron chi connectivity index (χ4n) is 5.40. The summed E-state index contributed by atoms with van der Waals surface area (Å²) < 4.78 is 16.6. The van der Waals surface area contributed by atoms with E-state index in [2.05, 4.69) is 17.4 Å². The molecule has 0 radical (unpaired) electrons. The SMILES string of the molecule is COCCOC(=O)C1=C(C)NC2=C(C(=O)C[C@@H](c3ccccc3)C2)[C@H]1c1ccc(OCc2ccccc2)cc1. The number of methoxy groups -OCH3 is 1. The monoisotopic (exact) mass is 523 g/mol. The first kappa shape index (κ1) is 26.4. The van der Waals surface area contributed by atoms with Gasteiger partial charge in [-0.2, -0.15) is 0 Å². The molecule has 200 valence electrons. The summed E-state index contributed by atoms with van der Waals surface area (Å²) in [5.41, 5.74) is 5.74. The molecule has 5 rings (SSSR count). The molecule has 1 N–H and O–H groups in total. The third-order valence-corrected chi connectivity index (χ3v) is 7.30. The summed E-state index contributed by atoms with van der Waals surface area (Å²) in [6.45, 7) is 2.77. The van der Waals surface area contributed by atoms with Crippen molar-refractivity contribution in [1.82, 2.24) is 5.32 Å². The number of hydrogen-bond donors (Lipinski definition) is 1. The van der Waals surface area contributed by atoms with E-state index in [4.69, 9.17) is 14.2 Å². The summed E-state index contributed by atoms with van der Waals surface area (Å²) in [4.78, 5) is 27.1. The lowest BCUT2D eigenvalue weighted by atomic mass is 9.72. The Balaban J connectivity index is 1.46. The van der Waals surface area contributed by atoms with Gasteiger partial charge in [0.1, 0.15) is 19.0 Å². The second-order valence-corrected chi connectivity index (χ2v) is 9.90. The Bertz CT molecular complexity index is 1380. The van der Waals surface area contributed by atoms with Crippen molar-refractivity contribution in [2.45, 2.75) is 38.2 Å². The Kier molecular flexibility index (Phi) is 8.23. The maximum atomic E-state index is 13.7. The van der Waals surface area contributed by atoms with Crippen molar-refractivity contribution in [3.63, 3.8) is 0 Å². The van der Waals surface area contributed by atoms with Gasteiger partial charge in [0.15, 0.2) is 5.78 Å². The molecule has 1 heterocycles. The number of rotatable bonds is 9. The van der Waals surface area contributed by atoms with Gasteiger partial charge in [0.25, 0.3) is 0 Å². The summed E-state index contributed by atoms with van der Waals surface area (Å²) in [6, 6.07) is 27.8. The molecule has 0 saturated heterocycles. The number of dihydropyridines is 1. The van der Waals surface area contributed by atoms with Crippen LogP contribution in [-0.2, 0) is 25.7 Å². The summed E-state index contributed by atoms with van der Waals surface area (Å²) in [6.07, 6.45) is 1.09. The highest BCUT2D eigenvalue weighted by Crippen LogP contribution is 2.45. The van der Waals surface area contributed by atoms with Gasteiger partial charge in [0.05, 0.1) is 12.2 Å². The van der Waals surface area contributed by atoms with Crippen LogP contribution in [0.15, 0.2) is 107 Å². The number of carbonyl (C=O) groups excluding carboxylic acids is 2. The molecule has 2 aliphatic rings. The number of esters is 1. The van der Waals surface area contributed by atoms with Gasteiger partial charge in [-0.05, 0) is 48.1 Å². The highest BCUT2D eigenvalue weighted by molar-refractivity contribution is 6.04. The first-order chi connectivity index (χ1) is 19.0. The van der Waals surface area contributed by atoms with Gasteiger partial charge in [0.2, 0.25) is 0 Å². The van der Waals surface area contributed by atoms with E-state index in [1.54, 1.807) is 7.11 Å². The Morgan fingerprint density at radius 1 is 0.872 bits per heavy atom. The van der Waals surface area contributed by atoms with Crippen LogP contribution in [0.2, 0.25) is 0 Å². The minimum Gasteiger partial charge on any atom is -0.489 e.